The second-order valence-corrected chi connectivity index (χ2v) is 8.43. The standard InChI is InChI=1S/C26H27N3O6/c30-22(11-10-19-6-2-1-3-7-19)23-24(20-8-4-9-21(18-20)29(33)34)28(26(32)25(23)31)13-5-12-27-14-16-35-17-15-27/h1-4,6-11,18,24,31H,5,12-17H2/b11-10+/t24-/m0/s1. The molecule has 9 nitrogen and oxygen atoms in total. The van der Waals surface area contributed by atoms with Gasteiger partial charge in [0.05, 0.1) is 29.8 Å². The number of aliphatic hydroxyl groups is 1. The van der Waals surface area contributed by atoms with Crippen molar-refractivity contribution in [3.05, 3.63) is 93.2 Å². The average molecular weight is 478 g/mol. The molecule has 0 saturated carbocycles. The van der Waals surface area contributed by atoms with Gasteiger partial charge in [0, 0.05) is 38.3 Å². The Morgan fingerprint density at radius 2 is 1.86 bits per heavy atom. The van der Waals surface area contributed by atoms with Crippen LogP contribution < -0.4 is 0 Å². The van der Waals surface area contributed by atoms with Gasteiger partial charge in [-0.25, -0.2) is 0 Å². The van der Waals surface area contributed by atoms with Gasteiger partial charge in [-0.1, -0.05) is 48.5 Å². The lowest BCUT2D eigenvalue weighted by Crippen LogP contribution is -2.39. The summed E-state index contributed by atoms with van der Waals surface area (Å²) in [7, 11) is 0. The number of carbonyl (C=O) groups is 2. The zero-order chi connectivity index (χ0) is 24.8. The van der Waals surface area contributed by atoms with Gasteiger partial charge >= 0.3 is 0 Å². The molecule has 35 heavy (non-hydrogen) atoms. The van der Waals surface area contributed by atoms with Crippen molar-refractivity contribution in [3.8, 4) is 0 Å². The fourth-order valence-electron chi connectivity index (χ4n) is 4.41. The molecule has 2 aromatic rings. The Morgan fingerprint density at radius 3 is 2.57 bits per heavy atom. The van der Waals surface area contributed by atoms with Crippen molar-refractivity contribution in [3.63, 3.8) is 0 Å². The number of ether oxygens (including phenoxy) is 1. The third kappa shape index (κ3) is 5.64. The van der Waals surface area contributed by atoms with Crippen LogP contribution in [0.5, 0.6) is 0 Å². The van der Waals surface area contributed by atoms with Gasteiger partial charge in [0.1, 0.15) is 0 Å². The summed E-state index contributed by atoms with van der Waals surface area (Å²) >= 11 is 0. The van der Waals surface area contributed by atoms with Gasteiger partial charge in [0.15, 0.2) is 11.5 Å². The molecule has 1 amide bonds. The highest BCUT2D eigenvalue weighted by Gasteiger charge is 2.43. The lowest BCUT2D eigenvalue weighted by Gasteiger charge is -2.29. The van der Waals surface area contributed by atoms with Crippen molar-refractivity contribution >= 4 is 23.5 Å². The number of nitrogens with zero attached hydrogens (tertiary/aromatic N) is 3. The van der Waals surface area contributed by atoms with E-state index in [9.17, 15) is 24.8 Å². The lowest BCUT2D eigenvalue weighted by molar-refractivity contribution is -0.384. The predicted octanol–water partition coefficient (Wildman–Crippen LogP) is 3.30. The minimum atomic E-state index is -0.917. The lowest BCUT2D eigenvalue weighted by atomic mass is 9.95. The number of morpholine rings is 1. The third-order valence-electron chi connectivity index (χ3n) is 6.17. The van der Waals surface area contributed by atoms with E-state index >= 15 is 0 Å². The molecule has 4 rings (SSSR count). The van der Waals surface area contributed by atoms with Crippen LogP contribution in [-0.2, 0) is 14.3 Å². The van der Waals surface area contributed by atoms with Crippen molar-refractivity contribution in [1.82, 2.24) is 9.80 Å². The average Bonchev–Trinajstić information content (AvgIpc) is 3.14. The van der Waals surface area contributed by atoms with Gasteiger partial charge in [-0.2, -0.15) is 0 Å². The van der Waals surface area contributed by atoms with E-state index in [0.717, 1.165) is 25.2 Å². The summed E-state index contributed by atoms with van der Waals surface area (Å²) in [5.74, 6) is -1.79. The number of hydrogen-bond acceptors (Lipinski definition) is 7. The first kappa shape index (κ1) is 24.3. The van der Waals surface area contributed by atoms with Gasteiger partial charge < -0.3 is 14.7 Å². The van der Waals surface area contributed by atoms with Crippen molar-refractivity contribution < 1.29 is 24.4 Å². The van der Waals surface area contributed by atoms with E-state index in [2.05, 4.69) is 4.90 Å². The number of allylic oxidation sites excluding steroid dienone is 1. The fourth-order valence-corrected chi connectivity index (χ4v) is 4.41. The largest absolute Gasteiger partial charge is 0.503 e. The van der Waals surface area contributed by atoms with Crippen LogP contribution in [0.15, 0.2) is 72.0 Å². The fraction of sp³-hybridized carbons (Fsp3) is 0.308. The zero-order valence-corrected chi connectivity index (χ0v) is 19.2. The first-order chi connectivity index (χ1) is 17.0. The number of non-ortho nitro benzene ring substituents is 1. The molecule has 2 aromatic carbocycles. The number of benzene rings is 2. The molecule has 0 aliphatic carbocycles. The Morgan fingerprint density at radius 1 is 1.11 bits per heavy atom. The van der Waals surface area contributed by atoms with Gasteiger partial charge in [-0.15, -0.1) is 0 Å². The van der Waals surface area contributed by atoms with Crippen molar-refractivity contribution in [2.24, 2.45) is 0 Å². The monoisotopic (exact) mass is 477 g/mol. The molecule has 0 radical (unpaired) electrons. The van der Waals surface area contributed by atoms with E-state index in [1.54, 1.807) is 12.1 Å². The highest BCUT2D eigenvalue weighted by molar-refractivity contribution is 6.14. The molecular weight excluding hydrogens is 450 g/mol. The molecule has 2 heterocycles. The summed E-state index contributed by atoms with van der Waals surface area (Å²) in [5.41, 5.74) is 0.967. The van der Waals surface area contributed by atoms with E-state index in [4.69, 9.17) is 4.74 Å². The number of ketones is 1. The van der Waals surface area contributed by atoms with Gasteiger partial charge in [-0.3, -0.25) is 24.6 Å². The van der Waals surface area contributed by atoms with E-state index in [1.807, 2.05) is 30.3 Å². The van der Waals surface area contributed by atoms with Crippen LogP contribution >= 0.6 is 0 Å². The number of carbonyl (C=O) groups excluding carboxylic acids is 2. The Labute approximate surface area is 203 Å². The molecular formula is C26H27N3O6. The zero-order valence-electron chi connectivity index (χ0n) is 19.2. The highest BCUT2D eigenvalue weighted by atomic mass is 16.6. The minimum absolute atomic E-state index is 0.0750. The number of nitro groups is 1. The van der Waals surface area contributed by atoms with Crippen LogP contribution in [0.1, 0.15) is 23.6 Å². The summed E-state index contributed by atoms with van der Waals surface area (Å²) in [6, 6.07) is 14.1. The number of amides is 1. The Hall–Kier alpha value is -3.82. The maximum absolute atomic E-state index is 13.2. The molecule has 1 N–H and O–H groups in total. The topological polar surface area (TPSA) is 113 Å². The molecule has 1 saturated heterocycles. The molecule has 0 unspecified atom stereocenters. The van der Waals surface area contributed by atoms with Crippen molar-refractivity contribution in [1.29, 1.82) is 0 Å². The molecule has 2 aliphatic heterocycles. The number of nitro benzene ring substituents is 1. The first-order valence-electron chi connectivity index (χ1n) is 11.5. The second-order valence-electron chi connectivity index (χ2n) is 8.43. The van der Waals surface area contributed by atoms with Crippen LogP contribution in [-0.4, -0.2) is 70.9 Å². The quantitative estimate of drug-likeness (QED) is 0.335. The summed E-state index contributed by atoms with van der Waals surface area (Å²) in [6.07, 6.45) is 3.54. The van der Waals surface area contributed by atoms with E-state index < -0.39 is 28.4 Å². The molecule has 1 fully saturated rings. The number of aliphatic hydroxyl groups excluding tert-OH is 1. The van der Waals surface area contributed by atoms with Crippen LogP contribution in [0.3, 0.4) is 0 Å². The molecule has 0 aromatic heterocycles. The normalized spacial score (nSPS) is 19.0. The Kier molecular flexibility index (Phi) is 7.69. The molecule has 1 atom stereocenters. The molecule has 0 spiro atoms. The molecule has 0 bridgehead atoms. The highest BCUT2D eigenvalue weighted by Crippen LogP contribution is 2.39. The molecule has 182 valence electrons. The maximum atomic E-state index is 13.2. The minimum Gasteiger partial charge on any atom is -0.503 e. The van der Waals surface area contributed by atoms with Crippen LogP contribution in [0.25, 0.3) is 6.08 Å². The van der Waals surface area contributed by atoms with E-state index in [0.29, 0.717) is 25.2 Å². The van der Waals surface area contributed by atoms with Crippen LogP contribution in [0.2, 0.25) is 0 Å². The number of hydrogen-bond donors (Lipinski definition) is 1. The van der Waals surface area contributed by atoms with Crippen LogP contribution in [0.4, 0.5) is 5.69 Å². The van der Waals surface area contributed by atoms with Crippen LogP contribution in [0, 0.1) is 10.1 Å². The first-order valence-corrected chi connectivity index (χ1v) is 11.5. The summed E-state index contributed by atoms with van der Waals surface area (Å²) in [4.78, 5) is 40.8. The summed E-state index contributed by atoms with van der Waals surface area (Å²) < 4.78 is 5.37. The van der Waals surface area contributed by atoms with E-state index in [-0.39, 0.29) is 17.8 Å². The predicted molar refractivity (Wildman–Crippen MR) is 130 cm³/mol. The molecule has 9 heteroatoms. The molecule has 2 aliphatic rings. The van der Waals surface area contributed by atoms with Crippen molar-refractivity contribution in [2.45, 2.75) is 12.5 Å². The summed E-state index contributed by atoms with van der Waals surface area (Å²) in [6.45, 7) is 3.94. The smallest absolute Gasteiger partial charge is 0.290 e. The SMILES string of the molecule is O=C(/C=C/c1ccccc1)C1=C(O)C(=O)N(CCCN2CCOCC2)[C@H]1c1cccc([N+](=O)[O-])c1. The third-order valence-corrected chi connectivity index (χ3v) is 6.17. The van der Waals surface area contributed by atoms with Crippen molar-refractivity contribution in [2.75, 3.05) is 39.4 Å². The summed E-state index contributed by atoms with van der Waals surface area (Å²) in [5, 5.41) is 22.1. The Bertz CT molecular complexity index is 1150. The van der Waals surface area contributed by atoms with Gasteiger partial charge in [0.25, 0.3) is 11.6 Å². The van der Waals surface area contributed by atoms with E-state index in [1.165, 1.54) is 29.2 Å². The number of rotatable bonds is 9. The maximum Gasteiger partial charge on any atom is 0.290 e. The van der Waals surface area contributed by atoms with Gasteiger partial charge in [0.2, 0.25) is 0 Å². The Balaban J connectivity index is 1.61. The second kappa shape index (κ2) is 11.1. The van der Waals surface area contributed by atoms with Gasteiger partial charge in [-0.05, 0) is 23.6 Å².